The van der Waals surface area contributed by atoms with Gasteiger partial charge in [-0.1, -0.05) is 35.9 Å². The summed E-state index contributed by atoms with van der Waals surface area (Å²) in [6, 6.07) is 18.0. The van der Waals surface area contributed by atoms with Crippen LogP contribution < -0.4 is 10.5 Å². The Morgan fingerprint density at radius 1 is 0.933 bits per heavy atom. The lowest BCUT2D eigenvalue weighted by Crippen LogP contribution is -2.35. The number of benzene rings is 2. The average molecular weight is 426 g/mol. The van der Waals surface area contributed by atoms with E-state index in [2.05, 4.69) is 0 Å². The number of carbonyl (C=O) groups is 1. The molecule has 0 saturated heterocycles. The molecule has 7 heteroatoms. The van der Waals surface area contributed by atoms with Crippen LogP contribution in [0.2, 0.25) is 5.02 Å². The van der Waals surface area contributed by atoms with E-state index in [0.29, 0.717) is 30.3 Å². The minimum absolute atomic E-state index is 0.0916. The SMILES string of the molecule is CN(C)CCN(C(=O)O)c1ccc(-c2ccc(=O)n(Cc3ccc(Cl)cc3)c2)cc1. The first-order valence-electron chi connectivity index (χ1n) is 9.54. The molecule has 6 nitrogen and oxygen atoms in total. The molecule has 0 spiro atoms. The van der Waals surface area contributed by atoms with Gasteiger partial charge in [0, 0.05) is 36.1 Å². The Hall–Kier alpha value is -3.09. The zero-order valence-electron chi connectivity index (χ0n) is 17.0. The van der Waals surface area contributed by atoms with Gasteiger partial charge in [0.2, 0.25) is 0 Å². The van der Waals surface area contributed by atoms with Crippen molar-refractivity contribution < 1.29 is 9.90 Å². The molecule has 0 unspecified atom stereocenters. The molecule has 30 heavy (non-hydrogen) atoms. The number of pyridine rings is 1. The van der Waals surface area contributed by atoms with Gasteiger partial charge in [-0.2, -0.15) is 0 Å². The van der Waals surface area contributed by atoms with Crippen LogP contribution in [0.15, 0.2) is 71.7 Å². The normalized spacial score (nSPS) is 10.9. The lowest BCUT2D eigenvalue weighted by Gasteiger charge is -2.21. The quantitative estimate of drug-likeness (QED) is 0.614. The first-order chi connectivity index (χ1) is 14.3. The Kier molecular flexibility index (Phi) is 6.92. The number of aromatic nitrogens is 1. The Bertz CT molecular complexity index is 1060. The number of amides is 1. The van der Waals surface area contributed by atoms with Crippen LogP contribution in [0.25, 0.3) is 11.1 Å². The van der Waals surface area contributed by atoms with E-state index in [1.165, 1.54) is 4.90 Å². The lowest BCUT2D eigenvalue weighted by atomic mass is 10.1. The van der Waals surface area contributed by atoms with Crippen LogP contribution in [0.3, 0.4) is 0 Å². The number of rotatable bonds is 7. The van der Waals surface area contributed by atoms with Crippen molar-refractivity contribution in [3.8, 4) is 11.1 Å². The molecule has 0 aliphatic rings. The van der Waals surface area contributed by atoms with E-state index in [1.807, 2.05) is 49.5 Å². The molecule has 3 rings (SSSR count). The first-order valence-corrected chi connectivity index (χ1v) is 9.92. The van der Waals surface area contributed by atoms with E-state index in [9.17, 15) is 14.7 Å². The molecule has 0 saturated carbocycles. The van der Waals surface area contributed by atoms with Crippen LogP contribution in [0, 0.1) is 0 Å². The predicted octanol–water partition coefficient (Wildman–Crippen LogP) is 4.26. The number of likely N-dealkylation sites (N-methyl/N-ethyl adjacent to an activating group) is 1. The Morgan fingerprint density at radius 3 is 2.17 bits per heavy atom. The van der Waals surface area contributed by atoms with Gasteiger partial charge in [0.05, 0.1) is 6.54 Å². The maximum Gasteiger partial charge on any atom is 0.411 e. The van der Waals surface area contributed by atoms with Crippen molar-refractivity contribution in [3.05, 3.63) is 87.8 Å². The molecule has 1 aromatic heterocycles. The molecular formula is C23H24ClN3O3. The average Bonchev–Trinajstić information content (AvgIpc) is 2.71. The van der Waals surface area contributed by atoms with Gasteiger partial charge in [-0.3, -0.25) is 9.69 Å². The summed E-state index contributed by atoms with van der Waals surface area (Å²) in [5, 5.41) is 10.2. The number of hydrogen-bond acceptors (Lipinski definition) is 3. The fourth-order valence-electron chi connectivity index (χ4n) is 3.08. The second kappa shape index (κ2) is 9.61. The maximum atomic E-state index is 12.3. The van der Waals surface area contributed by atoms with Gasteiger partial charge >= 0.3 is 6.09 Å². The lowest BCUT2D eigenvalue weighted by molar-refractivity contribution is 0.201. The molecule has 1 amide bonds. The molecule has 0 aliphatic heterocycles. The fourth-order valence-corrected chi connectivity index (χ4v) is 3.21. The highest BCUT2D eigenvalue weighted by atomic mass is 35.5. The highest BCUT2D eigenvalue weighted by Crippen LogP contribution is 2.23. The van der Waals surface area contributed by atoms with Crippen LogP contribution in [0.1, 0.15) is 5.56 Å². The summed E-state index contributed by atoms with van der Waals surface area (Å²) in [5.41, 5.74) is 3.28. The van der Waals surface area contributed by atoms with Crippen LogP contribution in [0.4, 0.5) is 10.5 Å². The Balaban J connectivity index is 1.82. The predicted molar refractivity (Wildman–Crippen MR) is 121 cm³/mol. The summed E-state index contributed by atoms with van der Waals surface area (Å²) in [6.45, 7) is 1.45. The summed E-state index contributed by atoms with van der Waals surface area (Å²) in [7, 11) is 3.81. The van der Waals surface area contributed by atoms with Gasteiger partial charge in [0.1, 0.15) is 0 Å². The minimum atomic E-state index is -0.985. The molecule has 1 N–H and O–H groups in total. The maximum absolute atomic E-state index is 12.3. The van der Waals surface area contributed by atoms with Crippen molar-refractivity contribution in [1.29, 1.82) is 0 Å². The van der Waals surface area contributed by atoms with Crippen molar-refractivity contribution in [2.45, 2.75) is 6.54 Å². The van der Waals surface area contributed by atoms with Crippen molar-refractivity contribution in [1.82, 2.24) is 9.47 Å². The highest BCUT2D eigenvalue weighted by molar-refractivity contribution is 6.30. The van der Waals surface area contributed by atoms with Crippen molar-refractivity contribution in [3.63, 3.8) is 0 Å². The molecule has 0 bridgehead atoms. The van der Waals surface area contributed by atoms with Gasteiger partial charge in [-0.25, -0.2) is 4.79 Å². The van der Waals surface area contributed by atoms with E-state index >= 15 is 0 Å². The zero-order valence-corrected chi connectivity index (χ0v) is 17.7. The van der Waals surface area contributed by atoms with Gasteiger partial charge in [-0.05, 0) is 61.1 Å². The number of carboxylic acid groups (broad SMARTS) is 1. The third-order valence-electron chi connectivity index (χ3n) is 4.76. The molecule has 0 aliphatic carbocycles. The number of halogens is 1. The third kappa shape index (κ3) is 5.49. The molecule has 1 heterocycles. The molecular weight excluding hydrogens is 402 g/mol. The van der Waals surface area contributed by atoms with Gasteiger partial charge in [0.25, 0.3) is 5.56 Å². The molecule has 2 aromatic carbocycles. The fraction of sp³-hybridized carbons (Fsp3) is 0.217. The van der Waals surface area contributed by atoms with E-state index < -0.39 is 6.09 Å². The zero-order chi connectivity index (χ0) is 21.7. The smallest absolute Gasteiger partial charge is 0.411 e. The summed E-state index contributed by atoms with van der Waals surface area (Å²) in [5.74, 6) is 0. The Morgan fingerprint density at radius 2 is 1.57 bits per heavy atom. The van der Waals surface area contributed by atoms with E-state index in [4.69, 9.17) is 11.6 Å². The van der Waals surface area contributed by atoms with Crippen molar-refractivity contribution in [2.24, 2.45) is 0 Å². The highest BCUT2D eigenvalue weighted by Gasteiger charge is 2.14. The van der Waals surface area contributed by atoms with Crippen LogP contribution in [-0.4, -0.2) is 47.9 Å². The third-order valence-corrected chi connectivity index (χ3v) is 5.02. The number of nitrogens with zero attached hydrogens (tertiary/aromatic N) is 3. The van der Waals surface area contributed by atoms with Crippen LogP contribution in [0.5, 0.6) is 0 Å². The summed E-state index contributed by atoms with van der Waals surface area (Å²) in [4.78, 5) is 27.1. The summed E-state index contributed by atoms with van der Waals surface area (Å²) in [6.07, 6.45) is 0.827. The van der Waals surface area contributed by atoms with Gasteiger partial charge in [0.15, 0.2) is 0 Å². The standard InChI is InChI=1S/C23H24ClN3O3/c1-25(2)13-14-27(23(29)30)21-10-5-18(6-11-21)19-7-12-22(28)26(16-19)15-17-3-8-20(24)9-4-17/h3-12,16H,13-15H2,1-2H3,(H,29,30). The van der Waals surface area contributed by atoms with E-state index in [0.717, 1.165) is 16.7 Å². The first kappa shape index (κ1) is 21.6. The number of hydrogen-bond donors (Lipinski definition) is 1. The van der Waals surface area contributed by atoms with Crippen LogP contribution >= 0.6 is 11.6 Å². The van der Waals surface area contributed by atoms with Crippen molar-refractivity contribution in [2.75, 3.05) is 32.1 Å². The second-order valence-corrected chi connectivity index (χ2v) is 7.73. The Labute approximate surface area is 180 Å². The summed E-state index contributed by atoms with van der Waals surface area (Å²) >= 11 is 5.93. The second-order valence-electron chi connectivity index (χ2n) is 7.29. The summed E-state index contributed by atoms with van der Waals surface area (Å²) < 4.78 is 1.65. The molecule has 0 radical (unpaired) electrons. The minimum Gasteiger partial charge on any atom is -0.465 e. The van der Waals surface area contributed by atoms with Gasteiger partial charge < -0.3 is 14.6 Å². The van der Waals surface area contributed by atoms with Gasteiger partial charge in [-0.15, -0.1) is 0 Å². The van der Waals surface area contributed by atoms with Crippen LogP contribution in [-0.2, 0) is 6.54 Å². The van der Waals surface area contributed by atoms with E-state index in [-0.39, 0.29) is 5.56 Å². The van der Waals surface area contributed by atoms with E-state index in [1.54, 1.807) is 41.0 Å². The van der Waals surface area contributed by atoms with Crippen molar-refractivity contribution >= 4 is 23.4 Å². The monoisotopic (exact) mass is 425 g/mol. The molecule has 156 valence electrons. The molecule has 0 fully saturated rings. The number of anilines is 1. The molecule has 0 atom stereocenters. The largest absolute Gasteiger partial charge is 0.465 e. The topological polar surface area (TPSA) is 65.8 Å². The molecule has 3 aromatic rings.